The maximum absolute atomic E-state index is 13.4. The van der Waals surface area contributed by atoms with Crippen LogP contribution in [0.5, 0.6) is 5.75 Å². The summed E-state index contributed by atoms with van der Waals surface area (Å²) in [7, 11) is 1.63. The SMILES string of the molecule is COc1cccc(CC(=O)N(c2nc3ccccc3s2)c2ccccc2C)c1. The molecule has 0 aliphatic heterocycles. The highest BCUT2D eigenvalue weighted by Crippen LogP contribution is 2.35. The summed E-state index contributed by atoms with van der Waals surface area (Å²) in [6.07, 6.45) is 0.265. The lowest BCUT2D eigenvalue weighted by Crippen LogP contribution is -2.28. The van der Waals surface area contributed by atoms with Gasteiger partial charge in [0.1, 0.15) is 5.75 Å². The third-order valence-corrected chi connectivity index (χ3v) is 5.59. The predicted molar refractivity (Wildman–Crippen MR) is 115 cm³/mol. The van der Waals surface area contributed by atoms with Gasteiger partial charge in [-0.25, -0.2) is 4.98 Å². The lowest BCUT2D eigenvalue weighted by Gasteiger charge is -2.22. The molecule has 4 aromatic rings. The van der Waals surface area contributed by atoms with Gasteiger partial charge in [-0.3, -0.25) is 9.69 Å². The van der Waals surface area contributed by atoms with Crippen molar-refractivity contribution in [3.8, 4) is 5.75 Å². The van der Waals surface area contributed by atoms with Crippen LogP contribution in [0, 0.1) is 6.92 Å². The lowest BCUT2D eigenvalue weighted by atomic mass is 10.1. The van der Waals surface area contributed by atoms with E-state index in [1.807, 2.05) is 79.7 Å². The number of amides is 1. The molecule has 0 unspecified atom stereocenters. The van der Waals surface area contributed by atoms with Crippen LogP contribution in [0.25, 0.3) is 10.2 Å². The third-order valence-electron chi connectivity index (χ3n) is 4.57. The number of aromatic nitrogens is 1. The van der Waals surface area contributed by atoms with E-state index < -0.39 is 0 Å². The van der Waals surface area contributed by atoms with E-state index in [2.05, 4.69) is 0 Å². The number of hydrogen-bond acceptors (Lipinski definition) is 4. The van der Waals surface area contributed by atoms with Gasteiger partial charge in [-0.2, -0.15) is 0 Å². The lowest BCUT2D eigenvalue weighted by molar-refractivity contribution is -0.117. The summed E-state index contributed by atoms with van der Waals surface area (Å²) < 4.78 is 6.35. The Morgan fingerprint density at radius 1 is 1.04 bits per heavy atom. The van der Waals surface area contributed by atoms with E-state index in [1.54, 1.807) is 12.0 Å². The molecule has 0 aliphatic rings. The Bertz CT molecular complexity index is 1100. The van der Waals surface area contributed by atoms with Gasteiger partial charge in [-0.05, 0) is 48.4 Å². The first-order valence-electron chi connectivity index (χ1n) is 9.03. The van der Waals surface area contributed by atoms with Crippen molar-refractivity contribution in [2.75, 3.05) is 12.0 Å². The number of hydrogen-bond donors (Lipinski definition) is 0. The number of nitrogens with zero attached hydrogens (tertiary/aromatic N) is 2. The quantitative estimate of drug-likeness (QED) is 0.452. The van der Waals surface area contributed by atoms with Crippen LogP contribution < -0.4 is 9.64 Å². The molecule has 5 heteroatoms. The number of thiazole rings is 1. The second-order valence-electron chi connectivity index (χ2n) is 6.51. The van der Waals surface area contributed by atoms with Crippen LogP contribution in [-0.2, 0) is 11.2 Å². The molecule has 28 heavy (non-hydrogen) atoms. The third kappa shape index (κ3) is 3.62. The van der Waals surface area contributed by atoms with Crippen molar-refractivity contribution in [1.82, 2.24) is 4.98 Å². The zero-order chi connectivity index (χ0) is 19.5. The van der Waals surface area contributed by atoms with Crippen LogP contribution in [0.3, 0.4) is 0 Å². The molecule has 0 fully saturated rings. The highest BCUT2D eigenvalue weighted by Gasteiger charge is 2.23. The van der Waals surface area contributed by atoms with E-state index >= 15 is 0 Å². The molecule has 1 amide bonds. The van der Waals surface area contributed by atoms with Gasteiger partial charge in [-0.15, -0.1) is 0 Å². The van der Waals surface area contributed by atoms with Crippen molar-refractivity contribution in [2.24, 2.45) is 0 Å². The minimum atomic E-state index is -0.0263. The Hall–Kier alpha value is -3.18. The predicted octanol–water partition coefficient (Wildman–Crippen LogP) is 5.52. The Morgan fingerprint density at radius 3 is 2.61 bits per heavy atom. The number of para-hydroxylation sites is 2. The van der Waals surface area contributed by atoms with E-state index in [9.17, 15) is 4.79 Å². The second kappa shape index (κ2) is 7.82. The standard InChI is InChI=1S/C23H20N2O2S/c1-16-8-3-5-12-20(16)25(23-24-19-11-4-6-13-21(19)28-23)22(26)15-17-9-7-10-18(14-17)27-2/h3-14H,15H2,1-2H3. The van der Waals surface area contributed by atoms with Crippen molar-refractivity contribution in [3.05, 3.63) is 83.9 Å². The Balaban J connectivity index is 1.76. The van der Waals surface area contributed by atoms with Crippen LogP contribution in [-0.4, -0.2) is 18.0 Å². The first kappa shape index (κ1) is 18.2. The molecule has 140 valence electrons. The van der Waals surface area contributed by atoms with Gasteiger partial charge >= 0.3 is 0 Å². The summed E-state index contributed by atoms with van der Waals surface area (Å²) in [5.74, 6) is 0.717. The first-order valence-corrected chi connectivity index (χ1v) is 9.84. The van der Waals surface area contributed by atoms with Crippen LogP contribution in [0.1, 0.15) is 11.1 Å². The highest BCUT2D eigenvalue weighted by molar-refractivity contribution is 7.22. The van der Waals surface area contributed by atoms with Gasteiger partial charge < -0.3 is 4.74 Å². The van der Waals surface area contributed by atoms with E-state index in [-0.39, 0.29) is 12.3 Å². The molecule has 0 N–H and O–H groups in total. The number of aryl methyl sites for hydroxylation is 1. The van der Waals surface area contributed by atoms with Gasteiger partial charge in [0.25, 0.3) is 0 Å². The number of rotatable bonds is 5. The number of ether oxygens (including phenoxy) is 1. The molecule has 0 aliphatic carbocycles. The van der Waals surface area contributed by atoms with Crippen molar-refractivity contribution in [3.63, 3.8) is 0 Å². The number of carbonyl (C=O) groups excluding carboxylic acids is 1. The van der Waals surface area contributed by atoms with Gasteiger partial charge in [0.15, 0.2) is 5.13 Å². The van der Waals surface area contributed by atoms with Crippen LogP contribution in [0.2, 0.25) is 0 Å². The maximum atomic E-state index is 13.4. The van der Waals surface area contributed by atoms with Crippen molar-refractivity contribution in [2.45, 2.75) is 13.3 Å². The van der Waals surface area contributed by atoms with Crippen LogP contribution in [0.4, 0.5) is 10.8 Å². The summed E-state index contributed by atoms with van der Waals surface area (Å²) in [5.41, 5.74) is 3.69. The minimum absolute atomic E-state index is 0.0263. The topological polar surface area (TPSA) is 42.4 Å². The molecule has 0 saturated carbocycles. The smallest absolute Gasteiger partial charge is 0.237 e. The zero-order valence-corrected chi connectivity index (χ0v) is 16.6. The summed E-state index contributed by atoms with van der Waals surface area (Å²) >= 11 is 1.52. The molecule has 0 atom stereocenters. The Morgan fingerprint density at radius 2 is 1.82 bits per heavy atom. The van der Waals surface area contributed by atoms with Gasteiger partial charge in [0.05, 0.1) is 29.4 Å². The fraction of sp³-hybridized carbons (Fsp3) is 0.130. The summed E-state index contributed by atoms with van der Waals surface area (Å²) in [6, 6.07) is 23.4. The zero-order valence-electron chi connectivity index (χ0n) is 15.8. The van der Waals surface area contributed by atoms with Crippen LogP contribution in [0.15, 0.2) is 72.8 Å². The number of methoxy groups -OCH3 is 1. The Labute approximate surface area is 168 Å². The molecule has 1 heterocycles. The molecule has 0 saturated heterocycles. The van der Waals surface area contributed by atoms with Gasteiger partial charge in [0, 0.05) is 0 Å². The summed E-state index contributed by atoms with van der Waals surface area (Å²) in [4.78, 5) is 19.9. The monoisotopic (exact) mass is 388 g/mol. The van der Waals surface area contributed by atoms with E-state index in [1.165, 1.54) is 11.3 Å². The minimum Gasteiger partial charge on any atom is -0.497 e. The van der Waals surface area contributed by atoms with Crippen molar-refractivity contribution < 1.29 is 9.53 Å². The van der Waals surface area contributed by atoms with Crippen molar-refractivity contribution in [1.29, 1.82) is 0 Å². The summed E-state index contributed by atoms with van der Waals surface area (Å²) in [5, 5.41) is 0.684. The largest absolute Gasteiger partial charge is 0.497 e. The Kier molecular flexibility index (Phi) is 5.08. The number of benzene rings is 3. The van der Waals surface area contributed by atoms with E-state index in [4.69, 9.17) is 9.72 Å². The average Bonchev–Trinajstić information content (AvgIpc) is 3.13. The molecule has 0 spiro atoms. The first-order chi connectivity index (χ1) is 13.7. The second-order valence-corrected chi connectivity index (χ2v) is 7.52. The molecule has 4 nitrogen and oxygen atoms in total. The maximum Gasteiger partial charge on any atom is 0.237 e. The fourth-order valence-corrected chi connectivity index (χ4v) is 4.15. The summed E-state index contributed by atoms with van der Waals surface area (Å²) in [6.45, 7) is 2.01. The molecule has 3 aromatic carbocycles. The van der Waals surface area contributed by atoms with Gasteiger partial charge in [0.2, 0.25) is 5.91 Å². The molecular weight excluding hydrogens is 368 g/mol. The highest BCUT2D eigenvalue weighted by atomic mass is 32.1. The number of anilines is 2. The molecule has 0 radical (unpaired) electrons. The molecule has 4 rings (SSSR count). The fourth-order valence-electron chi connectivity index (χ4n) is 3.15. The molecular formula is C23H20N2O2S. The molecule has 1 aromatic heterocycles. The average molecular weight is 388 g/mol. The van der Waals surface area contributed by atoms with E-state index in [0.29, 0.717) is 5.13 Å². The van der Waals surface area contributed by atoms with Crippen LogP contribution >= 0.6 is 11.3 Å². The normalized spacial score (nSPS) is 10.8. The number of carbonyl (C=O) groups is 1. The van der Waals surface area contributed by atoms with E-state index in [0.717, 1.165) is 32.8 Å². The van der Waals surface area contributed by atoms with Crippen molar-refractivity contribution >= 4 is 38.3 Å². The van der Waals surface area contributed by atoms with Gasteiger partial charge in [-0.1, -0.05) is 53.8 Å². The molecule has 0 bridgehead atoms. The number of fused-ring (bicyclic) bond motifs is 1.